The first kappa shape index (κ1) is 14.2. The number of nitrogens with one attached hydrogen (secondary N) is 1. The first-order chi connectivity index (χ1) is 9.60. The Hall–Kier alpha value is -2.25. The first-order valence-corrected chi connectivity index (χ1v) is 6.73. The maximum Gasteiger partial charge on any atom is 0.335 e. The lowest BCUT2D eigenvalue weighted by molar-refractivity contribution is 0.0696. The molecule has 2 rings (SSSR count). The Balaban J connectivity index is 1.99. The van der Waals surface area contributed by atoms with E-state index in [1.807, 2.05) is 0 Å². The third-order valence-electron chi connectivity index (χ3n) is 2.59. The molecular formula is C13H13N3O3S. The zero-order valence-corrected chi connectivity index (χ0v) is 11.3. The van der Waals surface area contributed by atoms with Gasteiger partial charge in [-0.1, -0.05) is 12.1 Å². The molecule has 1 heterocycles. The number of nitrogens with zero attached hydrogens (tertiary/aromatic N) is 1. The third-order valence-corrected chi connectivity index (χ3v) is 3.46. The van der Waals surface area contributed by atoms with Gasteiger partial charge < -0.3 is 16.2 Å². The van der Waals surface area contributed by atoms with Crippen LogP contribution in [0.1, 0.15) is 31.4 Å². The number of carboxylic acid groups (broad SMARTS) is 1. The predicted molar refractivity (Wildman–Crippen MR) is 74.6 cm³/mol. The van der Waals surface area contributed by atoms with Crippen LogP contribution in [-0.4, -0.2) is 22.0 Å². The van der Waals surface area contributed by atoms with Crippen molar-refractivity contribution in [1.82, 2.24) is 10.3 Å². The van der Waals surface area contributed by atoms with Crippen LogP contribution in [0.3, 0.4) is 0 Å². The summed E-state index contributed by atoms with van der Waals surface area (Å²) < 4.78 is 0. The predicted octanol–water partition coefficient (Wildman–Crippen LogP) is 1.23. The maximum atomic E-state index is 11.8. The summed E-state index contributed by atoms with van der Waals surface area (Å²) in [6.45, 7) is 0.550. The molecule has 0 atom stereocenters. The smallest absolute Gasteiger partial charge is 0.335 e. The van der Waals surface area contributed by atoms with E-state index in [1.54, 1.807) is 17.5 Å². The van der Waals surface area contributed by atoms with Gasteiger partial charge >= 0.3 is 5.97 Å². The highest BCUT2D eigenvalue weighted by Crippen LogP contribution is 2.09. The number of amides is 1. The SMILES string of the molecule is NCc1nc(C(=O)NCc2cccc(C(=O)O)c2)cs1. The molecule has 0 aliphatic heterocycles. The molecular weight excluding hydrogens is 278 g/mol. The molecule has 104 valence electrons. The second-order valence-electron chi connectivity index (χ2n) is 4.02. The quantitative estimate of drug-likeness (QED) is 0.768. The van der Waals surface area contributed by atoms with Crippen LogP contribution in [0.25, 0.3) is 0 Å². The van der Waals surface area contributed by atoms with Crippen LogP contribution >= 0.6 is 11.3 Å². The fourth-order valence-corrected chi connectivity index (χ4v) is 2.25. The van der Waals surface area contributed by atoms with Gasteiger partial charge in [0.05, 0.1) is 5.56 Å². The molecule has 2 aromatic rings. The van der Waals surface area contributed by atoms with Crippen LogP contribution in [0, 0.1) is 0 Å². The van der Waals surface area contributed by atoms with Gasteiger partial charge in [-0.25, -0.2) is 9.78 Å². The van der Waals surface area contributed by atoms with Crippen LogP contribution in [0.15, 0.2) is 29.6 Å². The maximum absolute atomic E-state index is 11.8. The second kappa shape index (κ2) is 6.27. The van der Waals surface area contributed by atoms with Crippen molar-refractivity contribution >= 4 is 23.2 Å². The number of carbonyl (C=O) groups excluding carboxylic acids is 1. The Morgan fingerprint density at radius 1 is 1.40 bits per heavy atom. The standard InChI is InChI=1S/C13H13N3O3S/c14-5-11-16-10(7-20-11)12(17)15-6-8-2-1-3-9(4-8)13(18)19/h1-4,7H,5-6,14H2,(H,15,17)(H,18,19). The molecule has 1 amide bonds. The van der Waals surface area contributed by atoms with Crippen LogP contribution < -0.4 is 11.1 Å². The highest BCUT2D eigenvalue weighted by atomic mass is 32.1. The highest BCUT2D eigenvalue weighted by Gasteiger charge is 2.10. The van der Waals surface area contributed by atoms with Crippen molar-refractivity contribution in [2.75, 3.05) is 0 Å². The number of carbonyl (C=O) groups is 2. The third kappa shape index (κ3) is 3.40. The molecule has 0 radical (unpaired) electrons. The fourth-order valence-electron chi connectivity index (χ4n) is 1.60. The average molecular weight is 291 g/mol. The monoisotopic (exact) mass is 291 g/mol. The van der Waals surface area contributed by atoms with Crippen molar-refractivity contribution in [1.29, 1.82) is 0 Å². The molecule has 0 aliphatic carbocycles. The normalized spacial score (nSPS) is 10.2. The minimum absolute atomic E-state index is 0.191. The molecule has 1 aromatic heterocycles. The number of carboxylic acids is 1. The van der Waals surface area contributed by atoms with Crippen LogP contribution in [0.4, 0.5) is 0 Å². The zero-order chi connectivity index (χ0) is 14.5. The molecule has 1 aromatic carbocycles. The van der Waals surface area contributed by atoms with E-state index in [4.69, 9.17) is 10.8 Å². The Bertz CT molecular complexity index is 639. The van der Waals surface area contributed by atoms with E-state index >= 15 is 0 Å². The number of hydrogen-bond acceptors (Lipinski definition) is 5. The fraction of sp³-hybridized carbons (Fsp3) is 0.154. The number of hydrogen-bond donors (Lipinski definition) is 3. The highest BCUT2D eigenvalue weighted by molar-refractivity contribution is 7.09. The summed E-state index contributed by atoms with van der Waals surface area (Å²) in [4.78, 5) is 26.8. The van der Waals surface area contributed by atoms with Crippen LogP contribution in [0.2, 0.25) is 0 Å². The average Bonchev–Trinajstić information content (AvgIpc) is 2.94. The molecule has 0 unspecified atom stereocenters. The van der Waals surface area contributed by atoms with E-state index in [-0.39, 0.29) is 18.0 Å². The van der Waals surface area contributed by atoms with Gasteiger partial charge in [-0.2, -0.15) is 0 Å². The summed E-state index contributed by atoms with van der Waals surface area (Å²) in [6.07, 6.45) is 0. The number of nitrogens with two attached hydrogens (primary N) is 1. The van der Waals surface area contributed by atoms with Gasteiger partial charge in [-0.05, 0) is 17.7 Å². The molecule has 0 saturated heterocycles. The van der Waals surface area contributed by atoms with Crippen molar-refractivity contribution in [3.8, 4) is 0 Å². The molecule has 0 aliphatic rings. The van der Waals surface area contributed by atoms with Gasteiger partial charge in [0.1, 0.15) is 10.7 Å². The number of thiazole rings is 1. The molecule has 0 saturated carbocycles. The van der Waals surface area contributed by atoms with E-state index in [1.165, 1.54) is 23.5 Å². The van der Waals surface area contributed by atoms with E-state index < -0.39 is 5.97 Å². The van der Waals surface area contributed by atoms with Gasteiger partial charge in [0.2, 0.25) is 0 Å². The Kier molecular flexibility index (Phi) is 4.44. The molecule has 4 N–H and O–H groups in total. The minimum Gasteiger partial charge on any atom is -0.478 e. The Morgan fingerprint density at radius 3 is 2.85 bits per heavy atom. The summed E-state index contributed by atoms with van der Waals surface area (Å²) in [5, 5.41) is 13.9. The largest absolute Gasteiger partial charge is 0.478 e. The van der Waals surface area contributed by atoms with Gasteiger partial charge in [0.15, 0.2) is 0 Å². The van der Waals surface area contributed by atoms with Gasteiger partial charge in [0, 0.05) is 18.5 Å². The van der Waals surface area contributed by atoms with E-state index in [0.29, 0.717) is 22.8 Å². The molecule has 0 spiro atoms. The Labute approximate surface area is 119 Å². The minimum atomic E-state index is -0.995. The summed E-state index contributed by atoms with van der Waals surface area (Å²) in [5.74, 6) is -1.30. The van der Waals surface area contributed by atoms with Crippen molar-refractivity contribution < 1.29 is 14.7 Å². The van der Waals surface area contributed by atoms with Crippen molar-refractivity contribution in [3.05, 3.63) is 51.5 Å². The van der Waals surface area contributed by atoms with Crippen molar-refractivity contribution in [2.45, 2.75) is 13.1 Å². The van der Waals surface area contributed by atoms with Gasteiger partial charge in [0.25, 0.3) is 5.91 Å². The topological polar surface area (TPSA) is 105 Å². The first-order valence-electron chi connectivity index (χ1n) is 5.85. The van der Waals surface area contributed by atoms with Crippen molar-refractivity contribution in [3.63, 3.8) is 0 Å². The second-order valence-corrected chi connectivity index (χ2v) is 4.96. The number of aromatic carboxylic acids is 1. The van der Waals surface area contributed by atoms with Gasteiger partial charge in [-0.15, -0.1) is 11.3 Å². The Morgan fingerprint density at radius 2 is 2.20 bits per heavy atom. The summed E-state index contributed by atoms with van der Waals surface area (Å²) in [6, 6.07) is 6.41. The molecule has 20 heavy (non-hydrogen) atoms. The zero-order valence-electron chi connectivity index (χ0n) is 10.5. The number of rotatable bonds is 5. The van der Waals surface area contributed by atoms with E-state index in [0.717, 1.165) is 0 Å². The van der Waals surface area contributed by atoms with Crippen LogP contribution in [-0.2, 0) is 13.1 Å². The van der Waals surface area contributed by atoms with E-state index in [9.17, 15) is 9.59 Å². The van der Waals surface area contributed by atoms with Crippen LogP contribution in [0.5, 0.6) is 0 Å². The summed E-state index contributed by atoms with van der Waals surface area (Å²) in [7, 11) is 0. The number of aromatic nitrogens is 1. The summed E-state index contributed by atoms with van der Waals surface area (Å²) >= 11 is 1.33. The molecule has 7 heteroatoms. The lowest BCUT2D eigenvalue weighted by atomic mass is 10.1. The lowest BCUT2D eigenvalue weighted by Gasteiger charge is -2.04. The van der Waals surface area contributed by atoms with E-state index in [2.05, 4.69) is 10.3 Å². The van der Waals surface area contributed by atoms with Gasteiger partial charge in [-0.3, -0.25) is 4.79 Å². The number of benzene rings is 1. The van der Waals surface area contributed by atoms with Crippen molar-refractivity contribution in [2.24, 2.45) is 5.73 Å². The molecule has 0 fully saturated rings. The lowest BCUT2D eigenvalue weighted by Crippen LogP contribution is -2.23. The molecule has 6 nitrogen and oxygen atoms in total. The molecule has 0 bridgehead atoms. The summed E-state index contributed by atoms with van der Waals surface area (Å²) in [5.41, 5.74) is 6.66.